The highest BCUT2D eigenvalue weighted by Gasteiger charge is 2.57. The number of amides is 1. The Morgan fingerprint density at radius 2 is 2.03 bits per heavy atom. The first-order chi connectivity index (χ1) is 14.1. The number of ether oxygens (including phenoxy) is 1. The summed E-state index contributed by atoms with van der Waals surface area (Å²) in [6.45, 7) is 2.15. The van der Waals surface area contributed by atoms with E-state index in [1.54, 1.807) is 0 Å². The van der Waals surface area contributed by atoms with Gasteiger partial charge in [0.25, 0.3) is 0 Å². The van der Waals surface area contributed by atoms with Gasteiger partial charge in [-0.3, -0.25) is 14.9 Å². The summed E-state index contributed by atoms with van der Waals surface area (Å²) in [4.78, 5) is 26.6. The Hall–Kier alpha value is -2.66. The Kier molecular flexibility index (Phi) is 4.43. The largest absolute Gasteiger partial charge is 0.472 e. The summed E-state index contributed by atoms with van der Waals surface area (Å²) in [7, 11) is 0. The predicted molar refractivity (Wildman–Crippen MR) is 111 cm³/mol. The number of Topliss-reactive ketones (excluding diaryl/α,β-unsaturated/α-hetero) is 1. The number of carbonyl (C=O) groups excluding carboxylic acids is 2. The number of hydrogen-bond acceptors (Lipinski definition) is 4. The maximum Gasteiger partial charge on any atom is 0.235 e. The van der Waals surface area contributed by atoms with E-state index in [0.29, 0.717) is 0 Å². The first-order valence-electron chi connectivity index (χ1n) is 10.5. The van der Waals surface area contributed by atoms with Crippen molar-refractivity contribution in [2.24, 2.45) is 11.8 Å². The van der Waals surface area contributed by atoms with E-state index in [0.717, 1.165) is 48.2 Å². The summed E-state index contributed by atoms with van der Waals surface area (Å²) in [6.07, 6.45) is 3.97. The predicted octanol–water partition coefficient (Wildman–Crippen LogP) is 3.78. The number of benzene rings is 2. The third kappa shape index (κ3) is 3.04. The van der Waals surface area contributed by atoms with E-state index >= 15 is 0 Å². The standard InChI is InChI=1S/C24H26N2O3/c1-15-7-6-8-16(13-15)26-23(28)22-19(27)14-25-24-12-5-4-10-18(24)21(22)17-9-2-3-11-20(17)29-24/h2-3,6-9,11,13,18,21-22,25H,4-5,10,12,14H2,1H3,(H,26,28). The molecule has 5 heteroatoms. The Morgan fingerprint density at radius 1 is 1.17 bits per heavy atom. The van der Waals surface area contributed by atoms with Crippen LogP contribution in [0, 0.1) is 18.8 Å². The van der Waals surface area contributed by atoms with Crippen LogP contribution in [-0.4, -0.2) is 24.0 Å². The molecule has 29 heavy (non-hydrogen) atoms. The second-order valence-electron chi connectivity index (χ2n) is 8.56. The quantitative estimate of drug-likeness (QED) is 0.766. The number of nitrogens with one attached hydrogen (secondary N) is 2. The number of aryl methyl sites for hydroxylation is 1. The molecule has 2 aliphatic heterocycles. The zero-order valence-corrected chi connectivity index (χ0v) is 16.6. The van der Waals surface area contributed by atoms with Crippen LogP contribution in [0.1, 0.15) is 42.7 Å². The molecule has 0 spiro atoms. The normalized spacial score (nSPS) is 30.4. The van der Waals surface area contributed by atoms with Gasteiger partial charge in [0.2, 0.25) is 5.91 Å². The molecule has 2 aromatic carbocycles. The summed E-state index contributed by atoms with van der Waals surface area (Å²) in [5, 5.41) is 6.43. The van der Waals surface area contributed by atoms with Crippen LogP contribution in [-0.2, 0) is 9.59 Å². The van der Waals surface area contributed by atoms with Crippen molar-refractivity contribution in [1.82, 2.24) is 5.32 Å². The number of hydrogen-bond donors (Lipinski definition) is 2. The maximum atomic E-state index is 13.4. The van der Waals surface area contributed by atoms with E-state index in [1.807, 2.05) is 55.5 Å². The van der Waals surface area contributed by atoms with Crippen LogP contribution in [0.15, 0.2) is 48.5 Å². The Morgan fingerprint density at radius 3 is 2.90 bits per heavy atom. The lowest BCUT2D eigenvalue weighted by atomic mass is 9.65. The fraction of sp³-hybridized carbons (Fsp3) is 0.417. The first-order valence-corrected chi connectivity index (χ1v) is 10.5. The van der Waals surface area contributed by atoms with Crippen LogP contribution in [0.5, 0.6) is 5.75 Å². The van der Waals surface area contributed by atoms with Gasteiger partial charge in [0.1, 0.15) is 11.7 Å². The van der Waals surface area contributed by atoms with Crippen molar-refractivity contribution in [3.8, 4) is 5.75 Å². The van der Waals surface area contributed by atoms with Crippen LogP contribution >= 0.6 is 0 Å². The molecule has 2 N–H and O–H groups in total. The van der Waals surface area contributed by atoms with Crippen molar-refractivity contribution >= 4 is 17.4 Å². The van der Waals surface area contributed by atoms with Gasteiger partial charge >= 0.3 is 0 Å². The molecule has 4 atom stereocenters. The molecule has 1 aliphatic carbocycles. The summed E-state index contributed by atoms with van der Waals surface area (Å²) in [5.41, 5.74) is 2.23. The second kappa shape index (κ2) is 6.99. The molecule has 5 rings (SSSR count). The Bertz CT molecular complexity index is 972. The van der Waals surface area contributed by atoms with Crippen molar-refractivity contribution in [2.45, 2.75) is 44.2 Å². The molecule has 0 aromatic heterocycles. The maximum absolute atomic E-state index is 13.4. The van der Waals surface area contributed by atoms with E-state index in [-0.39, 0.29) is 30.1 Å². The average molecular weight is 390 g/mol. The van der Waals surface area contributed by atoms with Gasteiger partial charge in [0, 0.05) is 23.9 Å². The summed E-state index contributed by atoms with van der Waals surface area (Å²) >= 11 is 0. The first kappa shape index (κ1) is 18.4. The topological polar surface area (TPSA) is 67.4 Å². The van der Waals surface area contributed by atoms with E-state index in [1.165, 1.54) is 0 Å². The molecule has 5 nitrogen and oxygen atoms in total. The number of anilines is 1. The molecule has 2 heterocycles. The lowest BCUT2D eigenvalue weighted by molar-refractivity contribution is -0.132. The molecule has 2 fully saturated rings. The van der Waals surface area contributed by atoms with Gasteiger partial charge in [0.15, 0.2) is 11.5 Å². The number of para-hydroxylation sites is 1. The SMILES string of the molecule is Cc1cccc(NC(=O)C2C(=O)CNC34CCCCC3C2c2ccccc2O4)c1. The van der Waals surface area contributed by atoms with Crippen molar-refractivity contribution in [3.63, 3.8) is 0 Å². The highest BCUT2D eigenvalue weighted by Crippen LogP contribution is 2.54. The molecule has 150 valence electrons. The van der Waals surface area contributed by atoms with Gasteiger partial charge in [-0.25, -0.2) is 0 Å². The van der Waals surface area contributed by atoms with Crippen LogP contribution in [0.2, 0.25) is 0 Å². The van der Waals surface area contributed by atoms with Crippen molar-refractivity contribution < 1.29 is 14.3 Å². The molecule has 2 bridgehead atoms. The van der Waals surface area contributed by atoms with E-state index in [9.17, 15) is 9.59 Å². The fourth-order valence-corrected chi connectivity index (χ4v) is 5.50. The fourth-order valence-electron chi connectivity index (χ4n) is 5.50. The molecule has 3 aliphatic rings. The van der Waals surface area contributed by atoms with Crippen LogP contribution < -0.4 is 15.4 Å². The molecule has 1 saturated heterocycles. The lowest BCUT2D eigenvalue weighted by Crippen LogP contribution is -2.60. The second-order valence-corrected chi connectivity index (χ2v) is 8.56. The molecule has 1 saturated carbocycles. The van der Waals surface area contributed by atoms with E-state index < -0.39 is 11.6 Å². The molecule has 4 unspecified atom stereocenters. The number of fused-ring (bicyclic) bond motifs is 2. The van der Waals surface area contributed by atoms with Gasteiger partial charge in [-0.1, -0.05) is 36.8 Å². The van der Waals surface area contributed by atoms with Crippen LogP contribution in [0.25, 0.3) is 0 Å². The smallest absolute Gasteiger partial charge is 0.235 e. The molecule has 1 amide bonds. The highest BCUT2D eigenvalue weighted by molar-refractivity contribution is 6.09. The molecular formula is C24H26N2O3. The molecular weight excluding hydrogens is 364 g/mol. The summed E-state index contributed by atoms with van der Waals surface area (Å²) < 4.78 is 6.49. The van der Waals surface area contributed by atoms with Gasteiger partial charge in [-0.15, -0.1) is 0 Å². The minimum absolute atomic E-state index is 0.0609. The number of ketones is 1. The van der Waals surface area contributed by atoms with Crippen LogP contribution in [0.3, 0.4) is 0 Å². The Labute approximate surface area is 170 Å². The van der Waals surface area contributed by atoms with Gasteiger partial charge in [0.05, 0.1) is 6.54 Å². The zero-order chi connectivity index (χ0) is 20.0. The number of rotatable bonds is 2. The third-order valence-corrected chi connectivity index (χ3v) is 6.75. The summed E-state index contributed by atoms with van der Waals surface area (Å²) in [6, 6.07) is 15.6. The lowest BCUT2D eigenvalue weighted by Gasteiger charge is -2.50. The Balaban J connectivity index is 1.58. The van der Waals surface area contributed by atoms with Crippen molar-refractivity contribution in [1.29, 1.82) is 0 Å². The van der Waals surface area contributed by atoms with Crippen molar-refractivity contribution in [2.75, 3.05) is 11.9 Å². The monoisotopic (exact) mass is 390 g/mol. The molecule has 0 radical (unpaired) electrons. The minimum atomic E-state index is -0.724. The minimum Gasteiger partial charge on any atom is -0.472 e. The average Bonchev–Trinajstić information content (AvgIpc) is 2.80. The summed E-state index contributed by atoms with van der Waals surface area (Å²) in [5.74, 6) is -0.276. The molecule has 2 aromatic rings. The van der Waals surface area contributed by atoms with Gasteiger partial charge in [-0.05, 0) is 49.1 Å². The number of carbonyl (C=O) groups is 2. The van der Waals surface area contributed by atoms with E-state index in [2.05, 4.69) is 10.6 Å². The zero-order valence-electron chi connectivity index (χ0n) is 16.6. The van der Waals surface area contributed by atoms with Gasteiger partial charge in [-0.2, -0.15) is 0 Å². The third-order valence-electron chi connectivity index (χ3n) is 6.75. The van der Waals surface area contributed by atoms with Crippen LogP contribution in [0.4, 0.5) is 5.69 Å². The van der Waals surface area contributed by atoms with Crippen molar-refractivity contribution in [3.05, 3.63) is 59.7 Å². The van der Waals surface area contributed by atoms with E-state index in [4.69, 9.17) is 4.74 Å². The highest BCUT2D eigenvalue weighted by atomic mass is 16.5. The van der Waals surface area contributed by atoms with Gasteiger partial charge < -0.3 is 10.1 Å².